The number of rotatable bonds is 4. The summed E-state index contributed by atoms with van der Waals surface area (Å²) in [6.07, 6.45) is 5.00. The van der Waals surface area contributed by atoms with Crippen molar-refractivity contribution >= 4 is 16.3 Å². The maximum atomic E-state index is 12.7. The van der Waals surface area contributed by atoms with Crippen LogP contribution in [-0.4, -0.2) is 6.36 Å². The molecule has 0 bridgehead atoms. The Hall–Kier alpha value is -3.79. The Labute approximate surface area is 208 Å². The van der Waals surface area contributed by atoms with Crippen molar-refractivity contribution in [2.24, 2.45) is 0 Å². The van der Waals surface area contributed by atoms with Crippen molar-refractivity contribution in [1.82, 2.24) is 0 Å². The lowest BCUT2D eigenvalue weighted by molar-refractivity contribution is -0.274. The molecule has 1 nitrogen and oxygen atoms in total. The number of hydrogen-bond donors (Lipinski definition) is 0. The summed E-state index contributed by atoms with van der Waals surface area (Å²) in [6, 6.07) is 25.3. The second kappa shape index (κ2) is 9.02. The topological polar surface area (TPSA) is 9.23 Å². The van der Waals surface area contributed by atoms with Crippen LogP contribution in [0.25, 0.3) is 27.5 Å². The van der Waals surface area contributed by atoms with Gasteiger partial charge in [0.15, 0.2) is 0 Å². The van der Waals surface area contributed by atoms with Crippen molar-refractivity contribution in [3.63, 3.8) is 0 Å². The predicted molar refractivity (Wildman–Crippen MR) is 139 cm³/mol. The highest BCUT2D eigenvalue weighted by Crippen LogP contribution is 2.42. The molecule has 0 saturated heterocycles. The molecular formula is C32H25F3O. The van der Waals surface area contributed by atoms with Gasteiger partial charge in [-0.05, 0) is 94.0 Å². The highest BCUT2D eigenvalue weighted by Gasteiger charge is 2.31. The van der Waals surface area contributed by atoms with E-state index in [1.54, 1.807) is 17.7 Å². The molecule has 2 aliphatic carbocycles. The molecule has 0 aromatic heterocycles. The van der Waals surface area contributed by atoms with Crippen molar-refractivity contribution in [2.75, 3.05) is 0 Å². The van der Waals surface area contributed by atoms with Gasteiger partial charge in [-0.2, -0.15) is 0 Å². The lowest BCUT2D eigenvalue weighted by atomic mass is 9.78. The van der Waals surface area contributed by atoms with Crippen molar-refractivity contribution < 1.29 is 17.9 Å². The Morgan fingerprint density at radius 3 is 2.25 bits per heavy atom. The van der Waals surface area contributed by atoms with Crippen LogP contribution in [0.1, 0.15) is 41.5 Å². The largest absolute Gasteiger partial charge is 0.573 e. The molecule has 4 aromatic carbocycles. The number of hydrogen-bond acceptors (Lipinski definition) is 1. The highest BCUT2D eigenvalue weighted by atomic mass is 19.4. The molecule has 0 amide bonds. The molecule has 6 rings (SSSR count). The van der Waals surface area contributed by atoms with Crippen molar-refractivity contribution in [1.29, 1.82) is 0 Å². The van der Waals surface area contributed by atoms with E-state index < -0.39 is 6.36 Å². The first kappa shape index (κ1) is 22.7. The summed E-state index contributed by atoms with van der Waals surface area (Å²) in [5.41, 5.74) is 9.96. The van der Waals surface area contributed by atoms with Gasteiger partial charge in [0.2, 0.25) is 0 Å². The van der Waals surface area contributed by atoms with Gasteiger partial charge in [0, 0.05) is 0 Å². The van der Waals surface area contributed by atoms with Gasteiger partial charge in [-0.3, -0.25) is 0 Å². The van der Waals surface area contributed by atoms with Crippen molar-refractivity contribution in [3.05, 3.63) is 119 Å². The van der Waals surface area contributed by atoms with Crippen molar-refractivity contribution in [3.8, 4) is 16.9 Å². The molecule has 0 aliphatic heterocycles. The van der Waals surface area contributed by atoms with E-state index in [9.17, 15) is 13.2 Å². The summed E-state index contributed by atoms with van der Waals surface area (Å²) < 4.78 is 42.1. The molecule has 0 heterocycles. The maximum Gasteiger partial charge on any atom is 0.573 e. The van der Waals surface area contributed by atoms with Crippen LogP contribution in [0.15, 0.2) is 96.6 Å². The van der Waals surface area contributed by atoms with Gasteiger partial charge in [-0.25, -0.2) is 0 Å². The molecule has 0 spiro atoms. The summed E-state index contributed by atoms with van der Waals surface area (Å²) in [4.78, 5) is 0. The molecule has 0 N–H and O–H groups in total. The minimum absolute atomic E-state index is 0.213. The lowest BCUT2D eigenvalue weighted by Crippen LogP contribution is -2.16. The number of halogens is 3. The zero-order chi connectivity index (χ0) is 24.7. The number of allylic oxidation sites excluding steroid dienone is 4. The summed E-state index contributed by atoms with van der Waals surface area (Å²) in [6.45, 7) is 0. The molecule has 0 fully saturated rings. The highest BCUT2D eigenvalue weighted by molar-refractivity contribution is 5.98. The van der Waals surface area contributed by atoms with E-state index >= 15 is 0 Å². The van der Waals surface area contributed by atoms with E-state index in [0.29, 0.717) is 0 Å². The van der Waals surface area contributed by atoms with Gasteiger partial charge in [0.05, 0.1) is 0 Å². The Balaban J connectivity index is 1.50. The fraction of sp³-hybridized carbons (Fsp3) is 0.188. The minimum atomic E-state index is -4.70. The zero-order valence-corrected chi connectivity index (χ0v) is 19.7. The minimum Gasteiger partial charge on any atom is -0.406 e. The van der Waals surface area contributed by atoms with Crippen LogP contribution in [0.5, 0.6) is 5.75 Å². The Bertz CT molecular complexity index is 1490. The smallest absolute Gasteiger partial charge is 0.406 e. The predicted octanol–water partition coefficient (Wildman–Crippen LogP) is 9.05. The van der Waals surface area contributed by atoms with E-state index in [2.05, 4.69) is 53.3 Å². The molecule has 0 saturated carbocycles. The maximum absolute atomic E-state index is 12.7. The van der Waals surface area contributed by atoms with Crippen molar-refractivity contribution in [2.45, 2.75) is 38.5 Å². The number of benzene rings is 4. The second-order valence-electron chi connectivity index (χ2n) is 9.47. The van der Waals surface area contributed by atoms with Crippen LogP contribution in [0.3, 0.4) is 0 Å². The van der Waals surface area contributed by atoms with Crippen LogP contribution < -0.4 is 4.74 Å². The third-order valence-electron chi connectivity index (χ3n) is 7.29. The number of aryl methyl sites for hydroxylation is 1. The summed E-state index contributed by atoms with van der Waals surface area (Å²) in [5, 5.41) is 2.47. The summed E-state index contributed by atoms with van der Waals surface area (Å²) >= 11 is 0. The third-order valence-corrected chi connectivity index (χ3v) is 7.29. The van der Waals surface area contributed by atoms with Gasteiger partial charge in [0.25, 0.3) is 0 Å². The molecule has 0 unspecified atom stereocenters. The fourth-order valence-corrected chi connectivity index (χ4v) is 5.68. The second-order valence-corrected chi connectivity index (χ2v) is 9.47. The molecule has 4 aromatic rings. The molecular weight excluding hydrogens is 457 g/mol. The van der Waals surface area contributed by atoms with E-state index in [0.717, 1.165) is 43.2 Å². The van der Waals surface area contributed by atoms with Crippen LogP contribution in [0.4, 0.5) is 13.2 Å². The van der Waals surface area contributed by atoms with E-state index in [-0.39, 0.29) is 5.75 Å². The quantitative estimate of drug-likeness (QED) is 0.282. The Morgan fingerprint density at radius 1 is 0.722 bits per heavy atom. The third kappa shape index (κ3) is 4.32. The molecule has 2 aliphatic rings. The van der Waals surface area contributed by atoms with Crippen LogP contribution in [0.2, 0.25) is 0 Å². The summed E-state index contributed by atoms with van der Waals surface area (Å²) in [7, 11) is 0. The molecule has 0 atom stereocenters. The standard InChI is InChI=1S/C32H25F3O/c33-32(34,35)36-24-13-10-23(11-14-24)26-16-17-29-28-15-12-22-8-4-5-9-25(22)27(28)18-19-30(29)31(26)20-21-6-2-1-3-7-21/h1-3,5-7,9-11,13-14,16-19H,4,8,12,15,20H2. The van der Waals surface area contributed by atoms with Gasteiger partial charge in [-0.15, -0.1) is 13.2 Å². The Morgan fingerprint density at radius 2 is 1.47 bits per heavy atom. The first-order chi connectivity index (χ1) is 17.5. The number of fused-ring (bicyclic) bond motifs is 4. The van der Waals surface area contributed by atoms with Crippen LogP contribution in [-0.2, 0) is 12.8 Å². The van der Waals surface area contributed by atoms with Gasteiger partial charge in [0.1, 0.15) is 5.75 Å². The van der Waals surface area contributed by atoms with Gasteiger partial charge < -0.3 is 4.74 Å². The Kier molecular flexibility index (Phi) is 5.67. The first-order valence-electron chi connectivity index (χ1n) is 12.3. The molecule has 180 valence electrons. The molecule has 4 heteroatoms. The lowest BCUT2D eigenvalue weighted by Gasteiger charge is -2.26. The zero-order valence-electron chi connectivity index (χ0n) is 19.7. The van der Waals surface area contributed by atoms with E-state index in [1.807, 2.05) is 18.2 Å². The summed E-state index contributed by atoms with van der Waals surface area (Å²) in [5.74, 6) is -0.213. The van der Waals surface area contributed by atoms with Gasteiger partial charge in [-0.1, -0.05) is 84.5 Å². The monoisotopic (exact) mass is 482 g/mol. The molecule has 36 heavy (non-hydrogen) atoms. The fourth-order valence-electron chi connectivity index (χ4n) is 5.68. The average Bonchev–Trinajstić information content (AvgIpc) is 2.88. The first-order valence-corrected chi connectivity index (χ1v) is 12.3. The van der Waals surface area contributed by atoms with E-state index in [1.165, 1.54) is 50.7 Å². The van der Waals surface area contributed by atoms with Gasteiger partial charge >= 0.3 is 6.36 Å². The number of ether oxygens (including phenoxy) is 1. The average molecular weight is 483 g/mol. The number of alkyl halides is 3. The van der Waals surface area contributed by atoms with Crippen LogP contribution >= 0.6 is 0 Å². The van der Waals surface area contributed by atoms with Crippen LogP contribution in [0, 0.1) is 0 Å². The SMILES string of the molecule is FC(F)(F)Oc1ccc(-c2ccc3c4c(ccc3c2Cc2ccccc2)C2=C(CCC=C2)CC4)cc1. The normalized spacial score (nSPS) is 15.1. The molecule has 0 radical (unpaired) electrons. The van der Waals surface area contributed by atoms with E-state index in [4.69, 9.17) is 0 Å².